The van der Waals surface area contributed by atoms with Crippen LogP contribution in [0.2, 0.25) is 5.02 Å². The van der Waals surface area contributed by atoms with Gasteiger partial charge in [0.05, 0.1) is 13.7 Å². The van der Waals surface area contributed by atoms with E-state index in [1.165, 1.54) is 0 Å². The Morgan fingerprint density at radius 1 is 1.08 bits per heavy atom. The Labute approximate surface area is 158 Å². The van der Waals surface area contributed by atoms with Crippen molar-refractivity contribution in [2.75, 3.05) is 32.1 Å². The van der Waals surface area contributed by atoms with Crippen LogP contribution in [-0.2, 0) is 4.79 Å². The van der Waals surface area contributed by atoms with Gasteiger partial charge in [0, 0.05) is 36.6 Å². The number of hydrogen-bond donors (Lipinski definition) is 1. The van der Waals surface area contributed by atoms with E-state index >= 15 is 0 Å². The smallest absolute Gasteiger partial charge is 0.241 e. The lowest BCUT2D eigenvalue weighted by molar-refractivity contribution is -0.131. The number of carbonyl (C=O) groups excluding carboxylic acids is 1. The van der Waals surface area contributed by atoms with Gasteiger partial charge in [-0.3, -0.25) is 4.79 Å². The zero-order chi connectivity index (χ0) is 18.4. The van der Waals surface area contributed by atoms with Crippen LogP contribution in [0.1, 0.15) is 12.8 Å². The van der Waals surface area contributed by atoms with Crippen LogP contribution < -0.4 is 14.8 Å². The second-order valence-electron chi connectivity index (χ2n) is 6.23. The molecule has 3 rings (SSSR count). The minimum atomic E-state index is 0.103. The highest BCUT2D eigenvalue weighted by Crippen LogP contribution is 2.21. The van der Waals surface area contributed by atoms with Crippen molar-refractivity contribution in [1.82, 2.24) is 4.90 Å². The summed E-state index contributed by atoms with van der Waals surface area (Å²) in [4.78, 5) is 14.3. The largest absolute Gasteiger partial charge is 0.497 e. The predicted octanol–water partition coefficient (Wildman–Crippen LogP) is 3.83. The number of piperidine rings is 1. The summed E-state index contributed by atoms with van der Waals surface area (Å²) in [6.45, 7) is 1.71. The molecule has 1 N–H and O–H groups in total. The number of nitrogens with one attached hydrogen (secondary N) is 1. The molecule has 1 heterocycles. The van der Waals surface area contributed by atoms with Crippen molar-refractivity contribution in [3.05, 3.63) is 53.6 Å². The molecular formula is C20H23ClN2O3. The molecule has 6 heteroatoms. The molecule has 1 fully saturated rings. The van der Waals surface area contributed by atoms with Crippen molar-refractivity contribution < 1.29 is 14.3 Å². The molecule has 2 aromatic rings. The Morgan fingerprint density at radius 2 is 1.69 bits per heavy atom. The van der Waals surface area contributed by atoms with E-state index in [1.807, 2.05) is 53.4 Å². The summed E-state index contributed by atoms with van der Waals surface area (Å²) in [6.07, 6.45) is 1.79. The zero-order valence-corrected chi connectivity index (χ0v) is 15.5. The number of benzene rings is 2. The van der Waals surface area contributed by atoms with Gasteiger partial charge in [-0.25, -0.2) is 0 Å². The van der Waals surface area contributed by atoms with Gasteiger partial charge in [-0.05, 0) is 48.5 Å². The van der Waals surface area contributed by atoms with Gasteiger partial charge in [0.25, 0.3) is 0 Å². The van der Waals surface area contributed by atoms with Crippen LogP contribution in [0, 0.1) is 0 Å². The quantitative estimate of drug-likeness (QED) is 0.834. The Morgan fingerprint density at radius 3 is 2.31 bits per heavy atom. The van der Waals surface area contributed by atoms with Gasteiger partial charge in [-0.2, -0.15) is 0 Å². The number of likely N-dealkylation sites (tertiary alicyclic amines) is 1. The van der Waals surface area contributed by atoms with Crippen molar-refractivity contribution in [2.45, 2.75) is 18.9 Å². The number of amides is 1. The molecule has 0 bridgehead atoms. The maximum atomic E-state index is 12.4. The van der Waals surface area contributed by atoms with Gasteiger partial charge >= 0.3 is 0 Å². The third-order valence-electron chi connectivity index (χ3n) is 4.44. The molecule has 0 spiro atoms. The number of ether oxygens (including phenoxy) is 2. The fourth-order valence-electron chi connectivity index (χ4n) is 2.93. The van der Waals surface area contributed by atoms with Crippen LogP contribution in [-0.4, -0.2) is 43.7 Å². The fraction of sp³-hybridized carbons (Fsp3) is 0.350. The standard InChI is InChI=1S/C20H23ClN2O3/c1-25-17-8-4-16(5-9-17)22-14-20(24)23-12-10-19(11-13-23)26-18-6-2-15(21)3-7-18/h2-9,19,22H,10-14H2,1H3. The second kappa shape index (κ2) is 8.81. The molecule has 0 radical (unpaired) electrons. The SMILES string of the molecule is COc1ccc(NCC(=O)N2CCC(Oc3ccc(Cl)cc3)CC2)cc1. The Kier molecular flexibility index (Phi) is 6.23. The summed E-state index contributed by atoms with van der Waals surface area (Å²) < 4.78 is 11.1. The molecule has 1 aliphatic rings. The molecule has 1 aliphatic heterocycles. The second-order valence-corrected chi connectivity index (χ2v) is 6.67. The highest BCUT2D eigenvalue weighted by atomic mass is 35.5. The highest BCUT2D eigenvalue weighted by Gasteiger charge is 2.23. The first-order chi connectivity index (χ1) is 12.6. The van der Waals surface area contributed by atoms with Gasteiger partial charge < -0.3 is 19.7 Å². The highest BCUT2D eigenvalue weighted by molar-refractivity contribution is 6.30. The first-order valence-corrected chi connectivity index (χ1v) is 9.10. The molecule has 0 unspecified atom stereocenters. The van der Waals surface area contributed by atoms with Gasteiger partial charge in [0.15, 0.2) is 0 Å². The van der Waals surface area contributed by atoms with E-state index in [1.54, 1.807) is 7.11 Å². The average Bonchev–Trinajstić information content (AvgIpc) is 2.69. The summed E-state index contributed by atoms with van der Waals surface area (Å²) in [5.41, 5.74) is 0.903. The number of anilines is 1. The minimum absolute atomic E-state index is 0.103. The van der Waals surface area contributed by atoms with E-state index in [4.69, 9.17) is 21.1 Å². The summed E-state index contributed by atoms with van der Waals surface area (Å²) in [7, 11) is 1.63. The molecule has 0 saturated carbocycles. The molecule has 2 aromatic carbocycles. The van der Waals surface area contributed by atoms with Crippen LogP contribution in [0.3, 0.4) is 0 Å². The Bertz CT molecular complexity index is 711. The van der Waals surface area contributed by atoms with Crippen molar-refractivity contribution in [1.29, 1.82) is 0 Å². The van der Waals surface area contributed by atoms with Crippen LogP contribution in [0.5, 0.6) is 11.5 Å². The van der Waals surface area contributed by atoms with E-state index in [-0.39, 0.29) is 18.6 Å². The van der Waals surface area contributed by atoms with E-state index in [2.05, 4.69) is 5.32 Å². The van der Waals surface area contributed by atoms with Crippen molar-refractivity contribution >= 4 is 23.2 Å². The molecule has 5 nitrogen and oxygen atoms in total. The minimum Gasteiger partial charge on any atom is -0.497 e. The van der Waals surface area contributed by atoms with E-state index in [9.17, 15) is 4.79 Å². The summed E-state index contributed by atoms with van der Waals surface area (Å²) in [5, 5.41) is 3.86. The predicted molar refractivity (Wildman–Crippen MR) is 103 cm³/mol. The number of nitrogens with zero attached hydrogens (tertiary/aromatic N) is 1. The topological polar surface area (TPSA) is 50.8 Å². The Balaban J connectivity index is 1.42. The van der Waals surface area contributed by atoms with Crippen LogP contribution in [0.25, 0.3) is 0 Å². The molecule has 0 atom stereocenters. The van der Waals surface area contributed by atoms with Crippen LogP contribution in [0.4, 0.5) is 5.69 Å². The third kappa shape index (κ3) is 5.05. The van der Waals surface area contributed by atoms with Crippen molar-refractivity contribution in [3.8, 4) is 11.5 Å². The monoisotopic (exact) mass is 374 g/mol. The van der Waals surface area contributed by atoms with E-state index in [0.29, 0.717) is 18.1 Å². The molecule has 0 aromatic heterocycles. The van der Waals surface area contributed by atoms with Crippen molar-refractivity contribution in [2.24, 2.45) is 0 Å². The summed E-state index contributed by atoms with van der Waals surface area (Å²) >= 11 is 5.89. The third-order valence-corrected chi connectivity index (χ3v) is 4.70. The lowest BCUT2D eigenvalue weighted by atomic mass is 10.1. The number of halogens is 1. The van der Waals surface area contributed by atoms with E-state index in [0.717, 1.165) is 30.0 Å². The molecular weight excluding hydrogens is 352 g/mol. The number of rotatable bonds is 6. The Hall–Kier alpha value is -2.40. The first-order valence-electron chi connectivity index (χ1n) is 8.72. The molecule has 1 amide bonds. The summed E-state index contributed by atoms with van der Waals surface area (Å²) in [5.74, 6) is 1.72. The number of carbonyl (C=O) groups is 1. The maximum absolute atomic E-state index is 12.4. The van der Waals surface area contributed by atoms with Crippen LogP contribution >= 0.6 is 11.6 Å². The number of hydrogen-bond acceptors (Lipinski definition) is 4. The lowest BCUT2D eigenvalue weighted by Gasteiger charge is -2.32. The van der Waals surface area contributed by atoms with Gasteiger partial charge in [0.2, 0.25) is 5.91 Å². The van der Waals surface area contributed by atoms with Crippen molar-refractivity contribution in [3.63, 3.8) is 0 Å². The summed E-state index contributed by atoms with van der Waals surface area (Å²) in [6, 6.07) is 14.9. The number of methoxy groups -OCH3 is 1. The molecule has 1 saturated heterocycles. The fourth-order valence-corrected chi connectivity index (χ4v) is 3.05. The molecule has 26 heavy (non-hydrogen) atoms. The van der Waals surface area contributed by atoms with E-state index < -0.39 is 0 Å². The van der Waals surface area contributed by atoms with Gasteiger partial charge in [-0.15, -0.1) is 0 Å². The molecule has 138 valence electrons. The average molecular weight is 375 g/mol. The normalized spacial score (nSPS) is 14.8. The van der Waals surface area contributed by atoms with Crippen LogP contribution in [0.15, 0.2) is 48.5 Å². The van der Waals surface area contributed by atoms with Gasteiger partial charge in [-0.1, -0.05) is 11.6 Å². The maximum Gasteiger partial charge on any atom is 0.241 e. The van der Waals surface area contributed by atoms with Gasteiger partial charge in [0.1, 0.15) is 17.6 Å². The molecule has 0 aliphatic carbocycles. The zero-order valence-electron chi connectivity index (χ0n) is 14.8. The first kappa shape index (κ1) is 18.4. The lowest BCUT2D eigenvalue weighted by Crippen LogP contribution is -2.44.